The first kappa shape index (κ1) is 15.7. The van der Waals surface area contributed by atoms with E-state index in [1.165, 1.54) is 22.8 Å². The third kappa shape index (κ3) is 4.96. The van der Waals surface area contributed by atoms with Gasteiger partial charge in [0.25, 0.3) is 0 Å². The molecule has 0 aliphatic rings. The number of hydrogen-bond donors (Lipinski definition) is 1. The fraction of sp³-hybridized carbons (Fsp3) is 0.333. The third-order valence-electron chi connectivity index (χ3n) is 3.54. The predicted molar refractivity (Wildman–Crippen MR) is 83.7 cm³/mol. The Bertz CT molecular complexity index is 566. The summed E-state index contributed by atoms with van der Waals surface area (Å²) >= 11 is 0. The van der Waals surface area contributed by atoms with E-state index < -0.39 is 0 Å². The van der Waals surface area contributed by atoms with Crippen molar-refractivity contribution in [3.8, 4) is 0 Å². The number of methoxy groups -OCH3 is 1. The second-order valence-corrected chi connectivity index (χ2v) is 5.25. The summed E-state index contributed by atoms with van der Waals surface area (Å²) in [6, 6.07) is 13.4. The van der Waals surface area contributed by atoms with E-state index in [-0.39, 0.29) is 5.82 Å². The molecule has 1 N–H and O–H groups in total. The lowest BCUT2D eigenvalue weighted by Crippen LogP contribution is -2.17. The Labute approximate surface area is 126 Å². The van der Waals surface area contributed by atoms with Crippen molar-refractivity contribution >= 4 is 0 Å². The van der Waals surface area contributed by atoms with E-state index in [0.29, 0.717) is 6.61 Å². The Balaban J connectivity index is 1.76. The highest BCUT2D eigenvalue weighted by Gasteiger charge is 2.00. The molecule has 2 aromatic rings. The molecule has 0 saturated carbocycles. The number of halogens is 1. The predicted octanol–water partition coefficient (Wildman–Crippen LogP) is 3.61. The molecular formula is C18H22FNO. The zero-order chi connectivity index (χ0) is 15.1. The van der Waals surface area contributed by atoms with Crippen molar-refractivity contribution < 1.29 is 9.13 Å². The zero-order valence-corrected chi connectivity index (χ0v) is 12.7. The van der Waals surface area contributed by atoms with Crippen LogP contribution >= 0.6 is 0 Å². The van der Waals surface area contributed by atoms with Gasteiger partial charge in [-0.2, -0.15) is 0 Å². The lowest BCUT2D eigenvalue weighted by atomic mass is 10.1. The van der Waals surface area contributed by atoms with Crippen LogP contribution in [0.4, 0.5) is 4.39 Å². The van der Waals surface area contributed by atoms with Crippen LogP contribution in [0.1, 0.15) is 22.3 Å². The molecule has 0 atom stereocenters. The van der Waals surface area contributed by atoms with Crippen LogP contribution in [0.15, 0.2) is 42.5 Å². The highest BCUT2D eigenvalue weighted by atomic mass is 19.1. The summed E-state index contributed by atoms with van der Waals surface area (Å²) in [6.07, 6.45) is 0.911. The largest absolute Gasteiger partial charge is 0.380 e. The Morgan fingerprint density at radius 3 is 2.43 bits per heavy atom. The Kier molecular flexibility index (Phi) is 5.90. The minimum atomic E-state index is -0.166. The third-order valence-corrected chi connectivity index (χ3v) is 3.54. The molecular weight excluding hydrogens is 265 g/mol. The van der Waals surface area contributed by atoms with Crippen molar-refractivity contribution in [1.29, 1.82) is 0 Å². The zero-order valence-electron chi connectivity index (χ0n) is 12.7. The van der Waals surface area contributed by atoms with Crippen LogP contribution in [0.5, 0.6) is 0 Å². The molecule has 0 amide bonds. The van der Waals surface area contributed by atoms with E-state index in [1.54, 1.807) is 13.2 Å². The van der Waals surface area contributed by atoms with Gasteiger partial charge in [-0.05, 0) is 54.3 Å². The summed E-state index contributed by atoms with van der Waals surface area (Å²) in [5.74, 6) is -0.166. The van der Waals surface area contributed by atoms with Gasteiger partial charge in [0.05, 0.1) is 6.61 Å². The summed E-state index contributed by atoms with van der Waals surface area (Å²) < 4.78 is 18.1. The van der Waals surface area contributed by atoms with E-state index >= 15 is 0 Å². The van der Waals surface area contributed by atoms with E-state index in [2.05, 4.69) is 29.6 Å². The fourth-order valence-corrected chi connectivity index (χ4v) is 2.32. The summed E-state index contributed by atoms with van der Waals surface area (Å²) in [5.41, 5.74) is 4.65. The molecule has 112 valence electrons. The Hall–Kier alpha value is -1.71. The minimum absolute atomic E-state index is 0.166. The van der Waals surface area contributed by atoms with Gasteiger partial charge in [-0.3, -0.25) is 0 Å². The van der Waals surface area contributed by atoms with Gasteiger partial charge < -0.3 is 10.1 Å². The standard InChI is InChI=1S/C18H22FNO/c1-14-11-18(19)8-7-17(14)9-10-20-12-15-3-5-16(6-4-15)13-21-2/h3-8,11,20H,9-10,12-13H2,1-2H3. The van der Waals surface area contributed by atoms with E-state index in [0.717, 1.165) is 25.1 Å². The summed E-state index contributed by atoms with van der Waals surface area (Å²) in [4.78, 5) is 0. The number of hydrogen-bond acceptors (Lipinski definition) is 2. The van der Waals surface area contributed by atoms with Crippen LogP contribution in [0.3, 0.4) is 0 Å². The maximum absolute atomic E-state index is 13.0. The quantitative estimate of drug-likeness (QED) is 0.785. The lowest BCUT2D eigenvalue weighted by Gasteiger charge is -2.08. The van der Waals surface area contributed by atoms with Gasteiger partial charge in [0.2, 0.25) is 0 Å². The molecule has 0 unspecified atom stereocenters. The van der Waals surface area contributed by atoms with E-state index in [1.807, 2.05) is 13.0 Å². The SMILES string of the molecule is COCc1ccc(CNCCc2ccc(F)cc2C)cc1. The normalized spacial score (nSPS) is 10.8. The highest BCUT2D eigenvalue weighted by molar-refractivity contribution is 5.27. The molecule has 2 rings (SSSR count). The summed E-state index contributed by atoms with van der Waals surface area (Å²) in [6.45, 7) is 4.32. The van der Waals surface area contributed by atoms with Crippen molar-refractivity contribution in [3.63, 3.8) is 0 Å². The fourth-order valence-electron chi connectivity index (χ4n) is 2.32. The van der Waals surface area contributed by atoms with E-state index in [4.69, 9.17) is 4.74 Å². The van der Waals surface area contributed by atoms with Gasteiger partial charge in [0, 0.05) is 13.7 Å². The number of benzene rings is 2. The second-order valence-electron chi connectivity index (χ2n) is 5.25. The van der Waals surface area contributed by atoms with Crippen LogP contribution in [0.25, 0.3) is 0 Å². The van der Waals surface area contributed by atoms with Crippen molar-refractivity contribution in [1.82, 2.24) is 5.32 Å². The maximum atomic E-state index is 13.0. The first-order valence-electron chi connectivity index (χ1n) is 7.21. The molecule has 21 heavy (non-hydrogen) atoms. The molecule has 2 aromatic carbocycles. The molecule has 0 heterocycles. The molecule has 0 fully saturated rings. The molecule has 3 heteroatoms. The van der Waals surface area contributed by atoms with Crippen molar-refractivity contribution in [2.24, 2.45) is 0 Å². The molecule has 0 aliphatic carbocycles. The summed E-state index contributed by atoms with van der Waals surface area (Å²) in [7, 11) is 1.70. The second kappa shape index (κ2) is 7.91. The molecule has 0 aliphatic heterocycles. The van der Waals surface area contributed by atoms with Gasteiger partial charge in [0.1, 0.15) is 5.82 Å². The van der Waals surface area contributed by atoms with Crippen molar-refractivity contribution in [2.45, 2.75) is 26.5 Å². The number of ether oxygens (including phenoxy) is 1. The number of nitrogens with one attached hydrogen (secondary N) is 1. The Morgan fingerprint density at radius 2 is 1.76 bits per heavy atom. The van der Waals surface area contributed by atoms with Gasteiger partial charge in [-0.1, -0.05) is 30.3 Å². The monoisotopic (exact) mass is 287 g/mol. The molecule has 0 radical (unpaired) electrons. The topological polar surface area (TPSA) is 21.3 Å². The average Bonchev–Trinajstić information content (AvgIpc) is 2.47. The number of rotatable bonds is 7. The van der Waals surface area contributed by atoms with Crippen LogP contribution in [0, 0.1) is 12.7 Å². The summed E-state index contributed by atoms with van der Waals surface area (Å²) in [5, 5.41) is 3.42. The van der Waals surface area contributed by atoms with Crippen LogP contribution in [0.2, 0.25) is 0 Å². The van der Waals surface area contributed by atoms with Crippen LogP contribution in [-0.4, -0.2) is 13.7 Å². The van der Waals surface area contributed by atoms with Crippen LogP contribution in [-0.2, 0) is 24.3 Å². The van der Waals surface area contributed by atoms with Gasteiger partial charge in [-0.15, -0.1) is 0 Å². The minimum Gasteiger partial charge on any atom is -0.380 e. The first-order chi connectivity index (χ1) is 10.2. The van der Waals surface area contributed by atoms with Gasteiger partial charge >= 0.3 is 0 Å². The molecule has 0 spiro atoms. The average molecular weight is 287 g/mol. The maximum Gasteiger partial charge on any atom is 0.123 e. The van der Waals surface area contributed by atoms with Gasteiger partial charge in [0.15, 0.2) is 0 Å². The van der Waals surface area contributed by atoms with Gasteiger partial charge in [-0.25, -0.2) is 4.39 Å². The van der Waals surface area contributed by atoms with Crippen LogP contribution < -0.4 is 5.32 Å². The smallest absolute Gasteiger partial charge is 0.123 e. The molecule has 2 nitrogen and oxygen atoms in total. The molecule has 0 saturated heterocycles. The molecule has 0 bridgehead atoms. The van der Waals surface area contributed by atoms with Crippen molar-refractivity contribution in [2.75, 3.05) is 13.7 Å². The highest BCUT2D eigenvalue weighted by Crippen LogP contribution is 2.10. The Morgan fingerprint density at radius 1 is 1.05 bits per heavy atom. The first-order valence-corrected chi connectivity index (χ1v) is 7.21. The lowest BCUT2D eigenvalue weighted by molar-refractivity contribution is 0.185. The number of aryl methyl sites for hydroxylation is 1. The van der Waals surface area contributed by atoms with E-state index in [9.17, 15) is 4.39 Å². The molecule has 0 aromatic heterocycles. The van der Waals surface area contributed by atoms with Crippen molar-refractivity contribution in [3.05, 3.63) is 70.5 Å².